The molecule has 0 radical (unpaired) electrons. The topological polar surface area (TPSA) is 26.3 Å². The molecule has 0 fully saturated rings. The van der Waals surface area contributed by atoms with E-state index < -0.39 is 0 Å². The maximum Gasteiger partial charge on any atom is 0.310 e. The minimum absolute atomic E-state index is 0.167. The van der Waals surface area contributed by atoms with Gasteiger partial charge in [0.1, 0.15) is 0 Å². The third kappa shape index (κ3) is 2.34. The van der Waals surface area contributed by atoms with Crippen molar-refractivity contribution < 1.29 is 9.53 Å². The fourth-order valence-corrected chi connectivity index (χ4v) is 1.87. The molecular formula is C9H12O2S. The van der Waals surface area contributed by atoms with Gasteiger partial charge in [-0.3, -0.25) is 4.79 Å². The predicted molar refractivity (Wildman–Crippen MR) is 49.4 cm³/mol. The molecule has 1 aromatic heterocycles. The van der Waals surface area contributed by atoms with Gasteiger partial charge in [0.15, 0.2) is 0 Å². The van der Waals surface area contributed by atoms with E-state index >= 15 is 0 Å². The number of thiophene rings is 1. The Kier molecular flexibility index (Phi) is 3.29. The average molecular weight is 184 g/mol. The van der Waals surface area contributed by atoms with Crippen LogP contribution in [0.5, 0.6) is 0 Å². The van der Waals surface area contributed by atoms with Crippen LogP contribution >= 0.6 is 11.3 Å². The van der Waals surface area contributed by atoms with E-state index in [1.807, 2.05) is 6.07 Å². The second-order valence-electron chi connectivity index (χ2n) is 2.47. The van der Waals surface area contributed by atoms with Crippen LogP contribution in [-0.4, -0.2) is 13.1 Å². The molecule has 1 heterocycles. The Hall–Kier alpha value is -0.830. The fraction of sp³-hybridized carbons (Fsp3) is 0.444. The van der Waals surface area contributed by atoms with Gasteiger partial charge in [0.05, 0.1) is 13.5 Å². The van der Waals surface area contributed by atoms with Crippen molar-refractivity contribution in [2.45, 2.75) is 19.8 Å². The van der Waals surface area contributed by atoms with Crippen LogP contribution in [-0.2, 0) is 22.4 Å². The Balaban J connectivity index is 2.58. The van der Waals surface area contributed by atoms with Crippen LogP contribution < -0.4 is 0 Å². The number of esters is 1. The first kappa shape index (κ1) is 9.26. The summed E-state index contributed by atoms with van der Waals surface area (Å²) in [4.78, 5) is 13.3. The Labute approximate surface area is 76.2 Å². The first-order chi connectivity index (χ1) is 5.76. The normalized spacial score (nSPS) is 9.83. The monoisotopic (exact) mass is 184 g/mol. The molecule has 0 bridgehead atoms. The first-order valence-electron chi connectivity index (χ1n) is 3.90. The maximum atomic E-state index is 10.9. The molecule has 0 amide bonds. The number of carbonyl (C=O) groups excluding carboxylic acids is 1. The summed E-state index contributed by atoms with van der Waals surface area (Å²) in [6.07, 6.45) is 1.44. The van der Waals surface area contributed by atoms with Gasteiger partial charge in [-0.1, -0.05) is 6.92 Å². The van der Waals surface area contributed by atoms with Gasteiger partial charge in [-0.25, -0.2) is 0 Å². The zero-order valence-corrected chi connectivity index (χ0v) is 8.11. The van der Waals surface area contributed by atoms with Gasteiger partial charge in [0.2, 0.25) is 0 Å². The number of methoxy groups -OCH3 is 1. The highest BCUT2D eigenvalue weighted by molar-refractivity contribution is 7.12. The molecule has 1 aromatic rings. The molecule has 0 spiro atoms. The van der Waals surface area contributed by atoms with Crippen molar-refractivity contribution in [1.82, 2.24) is 0 Å². The molecule has 0 saturated carbocycles. The molecule has 0 aliphatic heterocycles. The molecule has 0 saturated heterocycles. The Morgan fingerprint density at radius 1 is 1.50 bits per heavy atom. The van der Waals surface area contributed by atoms with Crippen LogP contribution in [0.25, 0.3) is 0 Å². The predicted octanol–water partition coefficient (Wildman–Crippen LogP) is 2.03. The van der Waals surface area contributed by atoms with E-state index in [0.717, 1.165) is 11.3 Å². The second-order valence-corrected chi connectivity index (χ2v) is 3.73. The number of aryl methyl sites for hydroxylation is 1. The van der Waals surface area contributed by atoms with E-state index in [2.05, 4.69) is 17.7 Å². The molecule has 0 aliphatic rings. The maximum absolute atomic E-state index is 10.9. The molecule has 0 atom stereocenters. The fourth-order valence-electron chi connectivity index (χ4n) is 0.922. The molecule has 0 unspecified atom stereocenters. The Bertz CT molecular complexity index is 265. The number of ether oxygens (including phenoxy) is 1. The van der Waals surface area contributed by atoms with Crippen molar-refractivity contribution in [3.8, 4) is 0 Å². The van der Waals surface area contributed by atoms with Gasteiger partial charge < -0.3 is 4.74 Å². The summed E-state index contributed by atoms with van der Waals surface area (Å²) in [5.74, 6) is -0.167. The van der Waals surface area contributed by atoms with Gasteiger partial charge in [-0.2, -0.15) is 0 Å². The Morgan fingerprint density at radius 3 is 2.67 bits per heavy atom. The molecule has 0 aliphatic carbocycles. The summed E-state index contributed by atoms with van der Waals surface area (Å²) in [6, 6.07) is 4.04. The summed E-state index contributed by atoms with van der Waals surface area (Å²) in [5, 5.41) is 0. The highest BCUT2D eigenvalue weighted by Crippen LogP contribution is 2.17. The van der Waals surface area contributed by atoms with E-state index in [9.17, 15) is 4.79 Å². The zero-order chi connectivity index (χ0) is 8.97. The molecule has 1 rings (SSSR count). The number of hydrogen-bond acceptors (Lipinski definition) is 3. The van der Waals surface area contributed by atoms with E-state index in [4.69, 9.17) is 0 Å². The summed E-state index contributed by atoms with van der Waals surface area (Å²) < 4.78 is 4.56. The third-order valence-corrected chi connectivity index (χ3v) is 2.84. The molecule has 2 nitrogen and oxygen atoms in total. The van der Waals surface area contributed by atoms with Gasteiger partial charge in [0, 0.05) is 9.75 Å². The quantitative estimate of drug-likeness (QED) is 0.672. The van der Waals surface area contributed by atoms with E-state index in [1.54, 1.807) is 11.3 Å². The van der Waals surface area contributed by atoms with E-state index in [0.29, 0.717) is 6.42 Å². The van der Waals surface area contributed by atoms with Gasteiger partial charge >= 0.3 is 5.97 Å². The van der Waals surface area contributed by atoms with Crippen molar-refractivity contribution >= 4 is 17.3 Å². The van der Waals surface area contributed by atoms with Crippen molar-refractivity contribution in [1.29, 1.82) is 0 Å². The van der Waals surface area contributed by atoms with Gasteiger partial charge in [-0.05, 0) is 18.6 Å². The molecule has 3 heteroatoms. The lowest BCUT2D eigenvalue weighted by atomic mass is 10.3. The lowest BCUT2D eigenvalue weighted by Crippen LogP contribution is -2.02. The van der Waals surface area contributed by atoms with Crippen molar-refractivity contribution in [3.05, 3.63) is 21.9 Å². The van der Waals surface area contributed by atoms with E-state index in [1.165, 1.54) is 12.0 Å². The standard InChI is InChI=1S/C9H12O2S/c1-3-7-4-5-8(12-7)6-9(10)11-2/h4-5H,3,6H2,1-2H3. The van der Waals surface area contributed by atoms with Crippen LogP contribution in [0.2, 0.25) is 0 Å². The van der Waals surface area contributed by atoms with Crippen LogP contribution in [0, 0.1) is 0 Å². The molecule has 0 N–H and O–H groups in total. The van der Waals surface area contributed by atoms with Crippen LogP contribution in [0.15, 0.2) is 12.1 Å². The van der Waals surface area contributed by atoms with Crippen molar-refractivity contribution in [2.24, 2.45) is 0 Å². The highest BCUT2D eigenvalue weighted by atomic mass is 32.1. The van der Waals surface area contributed by atoms with Crippen molar-refractivity contribution in [2.75, 3.05) is 7.11 Å². The molecular weight excluding hydrogens is 172 g/mol. The second kappa shape index (κ2) is 4.26. The third-order valence-electron chi connectivity index (χ3n) is 1.61. The first-order valence-corrected chi connectivity index (χ1v) is 4.72. The summed E-state index contributed by atoms with van der Waals surface area (Å²) in [5.41, 5.74) is 0. The van der Waals surface area contributed by atoms with Crippen molar-refractivity contribution in [3.63, 3.8) is 0 Å². The van der Waals surface area contributed by atoms with Crippen LogP contribution in [0.4, 0.5) is 0 Å². The minimum Gasteiger partial charge on any atom is -0.469 e. The summed E-state index contributed by atoms with van der Waals surface area (Å²) in [6.45, 7) is 2.10. The zero-order valence-electron chi connectivity index (χ0n) is 7.29. The van der Waals surface area contributed by atoms with Crippen LogP contribution in [0.1, 0.15) is 16.7 Å². The minimum atomic E-state index is -0.167. The lowest BCUT2D eigenvalue weighted by molar-refractivity contribution is -0.139. The molecule has 0 aromatic carbocycles. The lowest BCUT2D eigenvalue weighted by Gasteiger charge is -1.94. The van der Waals surface area contributed by atoms with Gasteiger partial charge in [-0.15, -0.1) is 11.3 Å². The number of carbonyl (C=O) groups is 1. The number of rotatable bonds is 3. The Morgan fingerprint density at radius 2 is 2.17 bits per heavy atom. The molecule has 66 valence electrons. The average Bonchev–Trinajstić information content (AvgIpc) is 2.52. The SMILES string of the molecule is CCc1ccc(CC(=O)OC)s1. The van der Waals surface area contributed by atoms with Crippen LogP contribution in [0.3, 0.4) is 0 Å². The number of hydrogen-bond donors (Lipinski definition) is 0. The summed E-state index contributed by atoms with van der Waals surface area (Å²) >= 11 is 1.68. The van der Waals surface area contributed by atoms with E-state index in [-0.39, 0.29) is 5.97 Å². The smallest absolute Gasteiger partial charge is 0.310 e. The highest BCUT2D eigenvalue weighted by Gasteiger charge is 2.04. The largest absolute Gasteiger partial charge is 0.469 e. The molecule has 12 heavy (non-hydrogen) atoms. The summed E-state index contributed by atoms with van der Waals surface area (Å²) in [7, 11) is 1.41. The van der Waals surface area contributed by atoms with Gasteiger partial charge in [0.25, 0.3) is 0 Å².